The van der Waals surface area contributed by atoms with Crippen LogP contribution in [0, 0.1) is 0 Å². The number of carbonyl (C=O) groups excluding carboxylic acids is 1. The van der Waals surface area contributed by atoms with Crippen molar-refractivity contribution in [3.05, 3.63) is 29.3 Å². The standard InChI is InChI=1S/C17H26N4O.HI/c1-12(2)20-16(22)10-11-19-17(18)21-15-9-5-7-13-6-3-4-8-14(13)15;/h5,7,9,12H,3-4,6,8,10-11H2,1-2H3,(H,20,22)(H3,18,19,21);1H. The molecule has 0 fully saturated rings. The fourth-order valence-corrected chi connectivity index (χ4v) is 2.75. The van der Waals surface area contributed by atoms with E-state index < -0.39 is 0 Å². The number of benzene rings is 1. The SMILES string of the molecule is CC(C)NC(=O)CCN=C(N)Nc1cccc2c1CCCC2.I. The first-order valence-corrected chi connectivity index (χ1v) is 8.03. The lowest BCUT2D eigenvalue weighted by atomic mass is 9.90. The van der Waals surface area contributed by atoms with E-state index in [0.717, 1.165) is 18.5 Å². The van der Waals surface area contributed by atoms with Crippen LogP contribution in [-0.4, -0.2) is 24.5 Å². The van der Waals surface area contributed by atoms with Gasteiger partial charge in [0, 0.05) is 18.2 Å². The Labute approximate surface area is 155 Å². The number of nitrogens with one attached hydrogen (secondary N) is 2. The largest absolute Gasteiger partial charge is 0.370 e. The van der Waals surface area contributed by atoms with Crippen LogP contribution in [0.2, 0.25) is 0 Å². The Kier molecular flexibility index (Phi) is 8.36. The molecule has 0 bridgehead atoms. The number of carbonyl (C=O) groups is 1. The second-order valence-electron chi connectivity index (χ2n) is 6.01. The summed E-state index contributed by atoms with van der Waals surface area (Å²) < 4.78 is 0. The van der Waals surface area contributed by atoms with Gasteiger partial charge in [0.1, 0.15) is 0 Å². The monoisotopic (exact) mass is 430 g/mol. The molecule has 1 amide bonds. The van der Waals surface area contributed by atoms with Crippen molar-refractivity contribution in [2.24, 2.45) is 10.7 Å². The van der Waals surface area contributed by atoms with E-state index >= 15 is 0 Å². The summed E-state index contributed by atoms with van der Waals surface area (Å²) in [5, 5.41) is 6.02. The van der Waals surface area contributed by atoms with E-state index in [1.165, 1.54) is 24.0 Å². The number of guanidine groups is 1. The van der Waals surface area contributed by atoms with Crippen molar-refractivity contribution in [2.75, 3.05) is 11.9 Å². The maximum absolute atomic E-state index is 11.5. The van der Waals surface area contributed by atoms with Crippen LogP contribution in [0.15, 0.2) is 23.2 Å². The summed E-state index contributed by atoms with van der Waals surface area (Å²) in [6.45, 7) is 4.28. The minimum absolute atomic E-state index is 0. The highest BCUT2D eigenvalue weighted by molar-refractivity contribution is 14.0. The number of halogens is 1. The quantitative estimate of drug-likeness (QED) is 0.382. The number of fused-ring (bicyclic) bond motifs is 1. The molecular formula is C17H27IN4O. The molecule has 0 aromatic heterocycles. The normalized spacial score (nSPS) is 14.0. The van der Waals surface area contributed by atoms with Gasteiger partial charge in [0.2, 0.25) is 5.91 Å². The van der Waals surface area contributed by atoms with Gasteiger partial charge in [-0.2, -0.15) is 0 Å². The average molecular weight is 430 g/mol. The molecule has 0 spiro atoms. The van der Waals surface area contributed by atoms with Gasteiger partial charge in [0.25, 0.3) is 0 Å². The predicted octanol–water partition coefficient (Wildman–Crippen LogP) is 2.82. The predicted molar refractivity (Wildman–Crippen MR) is 107 cm³/mol. The van der Waals surface area contributed by atoms with E-state index in [1.54, 1.807) is 0 Å². The van der Waals surface area contributed by atoms with Gasteiger partial charge < -0.3 is 16.4 Å². The third kappa shape index (κ3) is 6.37. The molecule has 1 aromatic rings. The van der Waals surface area contributed by atoms with Crippen molar-refractivity contribution in [2.45, 2.75) is 52.0 Å². The summed E-state index contributed by atoms with van der Waals surface area (Å²) in [7, 11) is 0. The third-order valence-corrected chi connectivity index (χ3v) is 3.73. The van der Waals surface area contributed by atoms with Crippen molar-refractivity contribution < 1.29 is 4.79 Å². The highest BCUT2D eigenvalue weighted by Gasteiger charge is 2.13. The van der Waals surface area contributed by atoms with Crippen LogP contribution in [0.1, 0.15) is 44.2 Å². The van der Waals surface area contributed by atoms with Crippen LogP contribution in [0.4, 0.5) is 5.69 Å². The number of rotatable bonds is 5. The summed E-state index contributed by atoms with van der Waals surface area (Å²) in [6.07, 6.45) is 5.05. The average Bonchev–Trinajstić information content (AvgIpc) is 2.47. The summed E-state index contributed by atoms with van der Waals surface area (Å²) in [5.41, 5.74) is 9.73. The van der Waals surface area contributed by atoms with E-state index in [-0.39, 0.29) is 35.9 Å². The Balaban J connectivity index is 0.00000264. The topological polar surface area (TPSA) is 79.5 Å². The first-order chi connectivity index (χ1) is 10.6. The minimum atomic E-state index is 0. The molecule has 0 heterocycles. The molecule has 0 saturated heterocycles. The zero-order valence-corrected chi connectivity index (χ0v) is 16.2. The maximum Gasteiger partial charge on any atom is 0.222 e. The van der Waals surface area contributed by atoms with Crippen molar-refractivity contribution >= 4 is 41.5 Å². The second-order valence-corrected chi connectivity index (χ2v) is 6.01. The zero-order valence-electron chi connectivity index (χ0n) is 13.9. The van der Waals surface area contributed by atoms with Crippen LogP contribution in [0.25, 0.3) is 0 Å². The minimum Gasteiger partial charge on any atom is -0.370 e. The van der Waals surface area contributed by atoms with Crippen LogP contribution in [0.5, 0.6) is 0 Å². The van der Waals surface area contributed by atoms with Crippen LogP contribution in [0.3, 0.4) is 0 Å². The second kappa shape index (κ2) is 9.75. The number of aryl methyl sites for hydroxylation is 1. The maximum atomic E-state index is 11.5. The van der Waals surface area contributed by atoms with Gasteiger partial charge in [0.15, 0.2) is 5.96 Å². The molecule has 0 radical (unpaired) electrons. The number of nitrogens with zero attached hydrogens (tertiary/aromatic N) is 1. The van der Waals surface area contributed by atoms with Gasteiger partial charge in [-0.1, -0.05) is 12.1 Å². The zero-order chi connectivity index (χ0) is 15.9. The van der Waals surface area contributed by atoms with Crippen LogP contribution in [-0.2, 0) is 17.6 Å². The lowest BCUT2D eigenvalue weighted by Gasteiger charge is -2.19. The molecule has 1 aromatic carbocycles. The molecule has 4 N–H and O–H groups in total. The summed E-state index contributed by atoms with van der Waals surface area (Å²) in [4.78, 5) is 15.8. The number of hydrogen-bond donors (Lipinski definition) is 3. The van der Waals surface area contributed by atoms with Gasteiger partial charge >= 0.3 is 0 Å². The van der Waals surface area contributed by atoms with Crippen LogP contribution >= 0.6 is 24.0 Å². The lowest BCUT2D eigenvalue weighted by molar-refractivity contribution is -0.121. The van der Waals surface area contributed by atoms with E-state index in [4.69, 9.17) is 5.73 Å². The molecule has 128 valence electrons. The van der Waals surface area contributed by atoms with Crippen molar-refractivity contribution in [3.8, 4) is 0 Å². The van der Waals surface area contributed by atoms with E-state index in [0.29, 0.717) is 18.9 Å². The van der Waals surface area contributed by atoms with E-state index in [1.807, 2.05) is 19.9 Å². The highest BCUT2D eigenvalue weighted by Crippen LogP contribution is 2.27. The van der Waals surface area contributed by atoms with Crippen molar-refractivity contribution in [3.63, 3.8) is 0 Å². The van der Waals surface area contributed by atoms with Gasteiger partial charge in [0.05, 0.1) is 6.54 Å². The molecule has 2 rings (SSSR count). The van der Waals surface area contributed by atoms with E-state index in [2.05, 4.69) is 27.8 Å². The smallest absolute Gasteiger partial charge is 0.222 e. The Morgan fingerprint density at radius 2 is 2.04 bits per heavy atom. The molecule has 0 atom stereocenters. The Morgan fingerprint density at radius 3 is 2.78 bits per heavy atom. The van der Waals surface area contributed by atoms with Crippen molar-refractivity contribution in [1.29, 1.82) is 0 Å². The molecule has 23 heavy (non-hydrogen) atoms. The van der Waals surface area contributed by atoms with Gasteiger partial charge in [-0.3, -0.25) is 9.79 Å². The first kappa shape index (κ1) is 19.7. The number of hydrogen-bond acceptors (Lipinski definition) is 2. The molecular weight excluding hydrogens is 403 g/mol. The Bertz CT molecular complexity index is 558. The number of aliphatic imine (C=N–C) groups is 1. The molecule has 1 aliphatic rings. The Hall–Kier alpha value is -1.31. The number of anilines is 1. The summed E-state index contributed by atoms with van der Waals surface area (Å²) in [6, 6.07) is 6.43. The van der Waals surface area contributed by atoms with Crippen molar-refractivity contribution in [1.82, 2.24) is 5.32 Å². The summed E-state index contributed by atoms with van der Waals surface area (Å²) >= 11 is 0. The molecule has 0 saturated carbocycles. The van der Waals surface area contributed by atoms with E-state index in [9.17, 15) is 4.79 Å². The van der Waals surface area contributed by atoms with Gasteiger partial charge in [-0.05, 0) is 56.7 Å². The Morgan fingerprint density at radius 1 is 1.30 bits per heavy atom. The number of amides is 1. The molecule has 5 nitrogen and oxygen atoms in total. The highest BCUT2D eigenvalue weighted by atomic mass is 127. The fraction of sp³-hybridized carbons (Fsp3) is 0.529. The fourth-order valence-electron chi connectivity index (χ4n) is 2.75. The van der Waals surface area contributed by atoms with Gasteiger partial charge in [-0.15, -0.1) is 24.0 Å². The molecule has 0 aliphatic heterocycles. The summed E-state index contributed by atoms with van der Waals surface area (Å²) in [5.74, 6) is 0.375. The van der Waals surface area contributed by atoms with Crippen LogP contribution < -0.4 is 16.4 Å². The molecule has 6 heteroatoms. The molecule has 1 aliphatic carbocycles. The third-order valence-electron chi connectivity index (χ3n) is 3.73. The molecule has 0 unspecified atom stereocenters. The number of nitrogens with two attached hydrogens (primary N) is 1. The lowest BCUT2D eigenvalue weighted by Crippen LogP contribution is -2.31. The first-order valence-electron chi connectivity index (χ1n) is 8.03. The van der Waals surface area contributed by atoms with Gasteiger partial charge in [-0.25, -0.2) is 0 Å².